The molecule has 0 aromatic carbocycles. The van der Waals surface area contributed by atoms with Crippen molar-refractivity contribution >= 4 is 11.9 Å². The molecule has 2 bridgehead atoms. The lowest BCUT2D eigenvalue weighted by atomic mass is 9.80. The summed E-state index contributed by atoms with van der Waals surface area (Å²) in [6, 6.07) is 5.88. The van der Waals surface area contributed by atoms with Gasteiger partial charge in [-0.15, -0.1) is 0 Å². The molecule has 0 spiro atoms. The van der Waals surface area contributed by atoms with Crippen molar-refractivity contribution in [3.05, 3.63) is 23.9 Å². The molecule has 4 rings (SSSR count). The highest BCUT2D eigenvalue weighted by atomic mass is 16.6. The number of nitriles is 1. The summed E-state index contributed by atoms with van der Waals surface area (Å²) in [4.78, 5) is 18.3. The zero-order chi connectivity index (χ0) is 15.9. The van der Waals surface area contributed by atoms with Gasteiger partial charge in [-0.25, -0.2) is 9.78 Å². The van der Waals surface area contributed by atoms with Crippen LogP contribution in [0.4, 0.5) is 10.6 Å². The summed E-state index contributed by atoms with van der Waals surface area (Å²) >= 11 is 0. The van der Waals surface area contributed by atoms with Gasteiger partial charge in [0.05, 0.1) is 17.6 Å². The monoisotopic (exact) mass is 300 g/mol. The maximum atomic E-state index is 12.2. The SMILES string of the molecule is CC(C)(C)OC(=O)N1C[C@H]2C[C@H]1[C@@H]2Nc1ncccc1C#N. The first kappa shape index (κ1) is 14.6. The van der Waals surface area contributed by atoms with Gasteiger partial charge < -0.3 is 15.0 Å². The van der Waals surface area contributed by atoms with E-state index in [0.29, 0.717) is 23.8 Å². The van der Waals surface area contributed by atoms with Crippen molar-refractivity contribution in [3.63, 3.8) is 0 Å². The summed E-state index contributed by atoms with van der Waals surface area (Å²) in [5.74, 6) is 0.988. The van der Waals surface area contributed by atoms with Crippen molar-refractivity contribution in [2.45, 2.75) is 44.9 Å². The van der Waals surface area contributed by atoms with E-state index in [2.05, 4.69) is 16.4 Å². The van der Waals surface area contributed by atoms with Crippen molar-refractivity contribution in [1.29, 1.82) is 5.26 Å². The second-order valence-corrected chi connectivity index (χ2v) is 6.88. The van der Waals surface area contributed by atoms with Crippen molar-refractivity contribution in [2.75, 3.05) is 11.9 Å². The van der Waals surface area contributed by atoms with Crippen LogP contribution in [-0.4, -0.2) is 40.2 Å². The number of hydrogen-bond acceptors (Lipinski definition) is 5. The number of carbonyl (C=O) groups is 1. The van der Waals surface area contributed by atoms with Crippen molar-refractivity contribution < 1.29 is 9.53 Å². The molecule has 2 aliphatic heterocycles. The Morgan fingerprint density at radius 3 is 3.00 bits per heavy atom. The lowest BCUT2D eigenvalue weighted by Crippen LogP contribution is -2.50. The Bertz CT molecular complexity index is 632. The number of ether oxygens (including phenoxy) is 1. The number of anilines is 1. The van der Waals surface area contributed by atoms with Crippen LogP contribution >= 0.6 is 0 Å². The summed E-state index contributed by atoms with van der Waals surface area (Å²) in [5, 5.41) is 12.4. The second-order valence-electron chi connectivity index (χ2n) is 6.88. The fourth-order valence-electron chi connectivity index (χ4n) is 3.13. The molecule has 1 saturated carbocycles. The minimum atomic E-state index is -0.484. The van der Waals surface area contributed by atoms with Gasteiger partial charge in [0.1, 0.15) is 17.5 Å². The van der Waals surface area contributed by atoms with Gasteiger partial charge >= 0.3 is 6.09 Å². The third kappa shape index (κ3) is 2.59. The van der Waals surface area contributed by atoms with Crippen LogP contribution in [0, 0.1) is 17.2 Å². The van der Waals surface area contributed by atoms with Crippen LogP contribution in [0.2, 0.25) is 0 Å². The first-order valence-electron chi connectivity index (χ1n) is 7.50. The Balaban J connectivity index is 1.68. The van der Waals surface area contributed by atoms with Gasteiger partial charge in [0.15, 0.2) is 0 Å². The minimum absolute atomic E-state index is 0.119. The zero-order valence-corrected chi connectivity index (χ0v) is 13.0. The molecule has 1 amide bonds. The van der Waals surface area contributed by atoms with Gasteiger partial charge in [0.25, 0.3) is 0 Å². The van der Waals surface area contributed by atoms with Crippen LogP contribution in [-0.2, 0) is 4.74 Å². The molecular weight excluding hydrogens is 280 g/mol. The van der Waals surface area contributed by atoms with Crippen molar-refractivity contribution in [2.24, 2.45) is 5.92 Å². The van der Waals surface area contributed by atoms with Gasteiger partial charge in [0.2, 0.25) is 0 Å². The molecule has 1 aromatic rings. The highest BCUT2D eigenvalue weighted by Crippen LogP contribution is 2.43. The fraction of sp³-hybridized carbons (Fsp3) is 0.562. The highest BCUT2D eigenvalue weighted by molar-refractivity contribution is 5.70. The number of pyridine rings is 1. The molecule has 3 heterocycles. The van der Waals surface area contributed by atoms with E-state index in [-0.39, 0.29) is 18.2 Å². The Morgan fingerprint density at radius 2 is 2.32 bits per heavy atom. The topological polar surface area (TPSA) is 78.2 Å². The van der Waals surface area contributed by atoms with E-state index in [1.54, 1.807) is 23.2 Å². The van der Waals surface area contributed by atoms with E-state index in [1.807, 2.05) is 20.8 Å². The number of nitrogens with zero attached hydrogens (tertiary/aromatic N) is 3. The third-order valence-corrected chi connectivity index (χ3v) is 4.16. The Labute approximate surface area is 130 Å². The smallest absolute Gasteiger partial charge is 0.410 e. The molecule has 22 heavy (non-hydrogen) atoms. The number of fused-ring (bicyclic) bond motifs is 1. The molecule has 2 saturated heterocycles. The molecule has 1 aliphatic carbocycles. The summed E-state index contributed by atoms with van der Waals surface area (Å²) in [7, 11) is 0. The molecule has 3 atom stereocenters. The number of nitrogens with one attached hydrogen (secondary N) is 1. The van der Waals surface area contributed by atoms with Gasteiger partial charge in [-0.3, -0.25) is 0 Å². The number of amides is 1. The molecule has 0 radical (unpaired) electrons. The van der Waals surface area contributed by atoms with Gasteiger partial charge in [-0.2, -0.15) is 5.26 Å². The van der Waals surface area contributed by atoms with Crippen LogP contribution < -0.4 is 5.32 Å². The molecular formula is C16H20N4O2. The van der Waals surface area contributed by atoms with E-state index >= 15 is 0 Å². The quantitative estimate of drug-likeness (QED) is 0.907. The summed E-state index contributed by atoms with van der Waals surface area (Å²) in [5.41, 5.74) is 0.0414. The Hall–Kier alpha value is -2.29. The molecule has 116 valence electrons. The minimum Gasteiger partial charge on any atom is -0.444 e. The maximum Gasteiger partial charge on any atom is 0.410 e. The lowest BCUT2D eigenvalue weighted by Gasteiger charge is -2.37. The Morgan fingerprint density at radius 1 is 1.55 bits per heavy atom. The van der Waals surface area contributed by atoms with E-state index in [9.17, 15) is 4.79 Å². The van der Waals surface area contributed by atoms with E-state index in [0.717, 1.165) is 6.42 Å². The van der Waals surface area contributed by atoms with Crippen LogP contribution in [0.3, 0.4) is 0 Å². The van der Waals surface area contributed by atoms with Crippen LogP contribution in [0.5, 0.6) is 0 Å². The first-order chi connectivity index (χ1) is 10.4. The summed E-state index contributed by atoms with van der Waals surface area (Å²) in [6.45, 7) is 6.31. The van der Waals surface area contributed by atoms with Gasteiger partial charge in [-0.1, -0.05) is 0 Å². The van der Waals surface area contributed by atoms with Gasteiger partial charge in [-0.05, 0) is 39.3 Å². The lowest BCUT2D eigenvalue weighted by molar-refractivity contribution is 0.0239. The standard InChI is InChI=1S/C16H20N4O2/c1-16(2,3)22-15(21)20-9-11-7-12(20)13(11)19-14-10(8-17)5-4-6-18-14/h4-6,11-13H,7,9H2,1-3H3,(H,18,19)/t11-,12+,13-/m1/s1. The average Bonchev–Trinajstić information content (AvgIpc) is 3.02. The largest absolute Gasteiger partial charge is 0.444 e. The number of rotatable bonds is 2. The highest BCUT2D eigenvalue weighted by Gasteiger charge is 2.54. The van der Waals surface area contributed by atoms with Crippen LogP contribution in [0.15, 0.2) is 18.3 Å². The molecule has 3 fully saturated rings. The average molecular weight is 300 g/mol. The molecule has 6 nitrogen and oxygen atoms in total. The van der Waals surface area contributed by atoms with Crippen molar-refractivity contribution in [1.82, 2.24) is 9.88 Å². The predicted molar refractivity (Wildman–Crippen MR) is 81.2 cm³/mol. The van der Waals surface area contributed by atoms with Crippen LogP contribution in [0.25, 0.3) is 0 Å². The van der Waals surface area contributed by atoms with E-state index in [1.165, 1.54) is 0 Å². The molecule has 0 unspecified atom stereocenters. The van der Waals surface area contributed by atoms with E-state index in [4.69, 9.17) is 10.00 Å². The number of hydrogen-bond donors (Lipinski definition) is 1. The second kappa shape index (κ2) is 5.16. The fourth-order valence-corrected chi connectivity index (χ4v) is 3.13. The summed E-state index contributed by atoms with van der Waals surface area (Å²) < 4.78 is 5.45. The molecule has 6 heteroatoms. The van der Waals surface area contributed by atoms with Gasteiger partial charge in [0, 0.05) is 18.7 Å². The molecule has 1 N–H and O–H groups in total. The first-order valence-corrected chi connectivity index (χ1v) is 7.50. The van der Waals surface area contributed by atoms with E-state index < -0.39 is 5.60 Å². The normalized spacial score (nSPS) is 26.1. The molecule has 1 aromatic heterocycles. The predicted octanol–water partition coefficient (Wildman–Crippen LogP) is 2.37. The van der Waals surface area contributed by atoms with Crippen molar-refractivity contribution in [3.8, 4) is 6.07 Å². The zero-order valence-electron chi connectivity index (χ0n) is 13.0. The Kier molecular flexibility index (Phi) is 3.44. The number of aromatic nitrogens is 1. The van der Waals surface area contributed by atoms with Crippen LogP contribution in [0.1, 0.15) is 32.8 Å². The number of carbonyl (C=O) groups excluding carboxylic acids is 1. The maximum absolute atomic E-state index is 12.2. The summed E-state index contributed by atoms with van der Waals surface area (Å²) in [6.07, 6.45) is 2.38. The third-order valence-electron chi connectivity index (χ3n) is 4.16. The molecule has 3 aliphatic rings.